The molecule has 0 saturated heterocycles. The second-order valence-corrected chi connectivity index (χ2v) is 6.75. The standard InChI is InChI=1S/C18H14O8.C6H13N/c19-15(20)13(25-17(23)11-7-3-1-4-8-11)14(16(21)22)26-18(24)12-9-5-2-6-10-12;1-3-5-6(7)4-2/h1-10,13-14H,(H,19,20)(H,21,22);3,6H,1,4-5,7H2,2H3/t13-,14-;/m1./s1. The zero-order valence-corrected chi connectivity index (χ0v) is 18.1. The number of hydrogen-bond acceptors (Lipinski definition) is 7. The van der Waals surface area contributed by atoms with Gasteiger partial charge in [0.2, 0.25) is 12.2 Å². The molecule has 0 amide bonds. The van der Waals surface area contributed by atoms with Gasteiger partial charge >= 0.3 is 23.9 Å². The van der Waals surface area contributed by atoms with Crippen LogP contribution in [0.3, 0.4) is 0 Å². The molecule has 2 aromatic rings. The Balaban J connectivity index is 0.000000675. The van der Waals surface area contributed by atoms with Gasteiger partial charge in [-0.25, -0.2) is 19.2 Å². The molecule has 0 saturated carbocycles. The summed E-state index contributed by atoms with van der Waals surface area (Å²) in [6, 6.07) is 15.2. The summed E-state index contributed by atoms with van der Waals surface area (Å²) in [6.07, 6.45) is -0.586. The van der Waals surface area contributed by atoms with E-state index in [4.69, 9.17) is 15.2 Å². The molecule has 0 fully saturated rings. The van der Waals surface area contributed by atoms with E-state index in [2.05, 4.69) is 13.5 Å². The summed E-state index contributed by atoms with van der Waals surface area (Å²) in [4.78, 5) is 46.8. The summed E-state index contributed by atoms with van der Waals surface area (Å²) in [5, 5.41) is 18.5. The van der Waals surface area contributed by atoms with Gasteiger partial charge in [0, 0.05) is 6.04 Å². The Morgan fingerprint density at radius 1 is 0.848 bits per heavy atom. The molecule has 0 aliphatic rings. The minimum atomic E-state index is -2.21. The topological polar surface area (TPSA) is 153 Å². The Labute approximate surface area is 191 Å². The average molecular weight is 457 g/mol. The molecular weight excluding hydrogens is 430 g/mol. The highest BCUT2D eigenvalue weighted by molar-refractivity contribution is 5.95. The molecule has 0 aliphatic heterocycles. The summed E-state index contributed by atoms with van der Waals surface area (Å²) in [5.41, 5.74) is 5.56. The molecule has 9 heteroatoms. The second-order valence-electron chi connectivity index (χ2n) is 6.75. The van der Waals surface area contributed by atoms with Gasteiger partial charge in [0.05, 0.1) is 11.1 Å². The summed E-state index contributed by atoms with van der Waals surface area (Å²) in [6.45, 7) is 5.65. The largest absolute Gasteiger partial charge is 0.478 e. The Kier molecular flexibility index (Phi) is 11.6. The number of carboxylic acids is 2. The number of carbonyl (C=O) groups excluding carboxylic acids is 2. The van der Waals surface area contributed by atoms with Crippen molar-refractivity contribution in [2.45, 2.75) is 38.0 Å². The fourth-order valence-electron chi connectivity index (χ4n) is 2.38. The van der Waals surface area contributed by atoms with Gasteiger partial charge in [-0.15, -0.1) is 6.58 Å². The molecule has 0 spiro atoms. The number of carbonyl (C=O) groups is 4. The van der Waals surface area contributed by atoms with E-state index in [0.29, 0.717) is 6.04 Å². The summed E-state index contributed by atoms with van der Waals surface area (Å²) in [7, 11) is 0. The van der Waals surface area contributed by atoms with Crippen molar-refractivity contribution in [1.82, 2.24) is 0 Å². The van der Waals surface area contributed by atoms with Gasteiger partial charge in [0.25, 0.3) is 0 Å². The van der Waals surface area contributed by atoms with Gasteiger partial charge < -0.3 is 25.4 Å². The molecular formula is C24H27NO8. The molecule has 1 unspecified atom stereocenters. The van der Waals surface area contributed by atoms with Crippen molar-refractivity contribution in [3.05, 3.63) is 84.4 Å². The number of carboxylic acid groups (broad SMARTS) is 2. The molecule has 0 aromatic heterocycles. The lowest BCUT2D eigenvalue weighted by atomic mass is 10.1. The lowest BCUT2D eigenvalue weighted by molar-refractivity contribution is -0.166. The molecule has 2 aromatic carbocycles. The Morgan fingerprint density at radius 2 is 1.21 bits per heavy atom. The van der Waals surface area contributed by atoms with Crippen molar-refractivity contribution in [3.63, 3.8) is 0 Å². The van der Waals surface area contributed by atoms with Crippen LogP contribution in [-0.2, 0) is 19.1 Å². The van der Waals surface area contributed by atoms with Crippen molar-refractivity contribution >= 4 is 23.9 Å². The lowest BCUT2D eigenvalue weighted by Crippen LogP contribution is -2.45. The number of rotatable bonds is 10. The first kappa shape index (κ1) is 27.1. The van der Waals surface area contributed by atoms with Gasteiger partial charge in [-0.05, 0) is 37.1 Å². The number of nitrogens with two attached hydrogens (primary N) is 1. The number of esters is 2. The first-order valence-electron chi connectivity index (χ1n) is 10.0. The third-order valence-electron chi connectivity index (χ3n) is 4.24. The molecule has 2 rings (SSSR count). The van der Waals surface area contributed by atoms with Crippen LogP contribution in [0.4, 0.5) is 0 Å². The smallest absolute Gasteiger partial charge is 0.349 e. The number of benzene rings is 2. The third-order valence-corrected chi connectivity index (χ3v) is 4.24. The fourth-order valence-corrected chi connectivity index (χ4v) is 2.38. The van der Waals surface area contributed by atoms with E-state index in [1.54, 1.807) is 12.1 Å². The minimum absolute atomic E-state index is 0.0253. The lowest BCUT2D eigenvalue weighted by Gasteiger charge is -2.21. The van der Waals surface area contributed by atoms with Crippen LogP contribution >= 0.6 is 0 Å². The van der Waals surface area contributed by atoms with Crippen LogP contribution in [0.5, 0.6) is 0 Å². The maximum Gasteiger partial charge on any atom is 0.349 e. The average Bonchev–Trinajstić information content (AvgIpc) is 2.82. The van der Waals surface area contributed by atoms with Gasteiger partial charge in [-0.2, -0.15) is 0 Å². The number of ether oxygens (including phenoxy) is 2. The van der Waals surface area contributed by atoms with E-state index in [0.717, 1.165) is 12.8 Å². The van der Waals surface area contributed by atoms with Crippen LogP contribution in [0.15, 0.2) is 73.3 Å². The second kappa shape index (κ2) is 14.2. The first-order valence-corrected chi connectivity index (χ1v) is 10.0. The van der Waals surface area contributed by atoms with Crippen LogP contribution in [0, 0.1) is 0 Å². The monoisotopic (exact) mass is 457 g/mol. The van der Waals surface area contributed by atoms with Crippen LogP contribution in [0.2, 0.25) is 0 Å². The van der Waals surface area contributed by atoms with Gasteiger partial charge in [0.1, 0.15) is 0 Å². The maximum atomic E-state index is 12.0. The normalized spacial score (nSPS) is 12.7. The molecule has 33 heavy (non-hydrogen) atoms. The van der Waals surface area contributed by atoms with E-state index < -0.39 is 36.1 Å². The van der Waals surface area contributed by atoms with Gasteiger partial charge in [0.15, 0.2) is 0 Å². The number of aliphatic carboxylic acids is 2. The van der Waals surface area contributed by atoms with Crippen molar-refractivity contribution in [3.8, 4) is 0 Å². The highest BCUT2D eigenvalue weighted by Crippen LogP contribution is 2.13. The van der Waals surface area contributed by atoms with E-state index in [1.165, 1.54) is 48.5 Å². The van der Waals surface area contributed by atoms with Gasteiger partial charge in [-0.1, -0.05) is 49.4 Å². The molecule has 0 heterocycles. The molecule has 0 bridgehead atoms. The summed E-state index contributed by atoms with van der Waals surface area (Å²) in [5.74, 6) is -5.63. The number of hydrogen-bond donors (Lipinski definition) is 3. The highest BCUT2D eigenvalue weighted by atomic mass is 16.6. The fraction of sp³-hybridized carbons (Fsp3) is 0.250. The van der Waals surface area contributed by atoms with Crippen molar-refractivity contribution in [2.24, 2.45) is 5.73 Å². The SMILES string of the molecule is C=CCC(N)CC.O=C(O[C@@H](C(=O)O)[C@@H](OC(=O)c1ccccc1)C(=O)O)c1ccccc1. The molecule has 4 N–H and O–H groups in total. The third kappa shape index (κ3) is 9.36. The maximum absolute atomic E-state index is 12.0. The Hall–Kier alpha value is -3.98. The molecule has 3 atom stereocenters. The Bertz CT molecular complexity index is 860. The molecule has 9 nitrogen and oxygen atoms in total. The zero-order chi connectivity index (χ0) is 24.8. The molecule has 0 radical (unpaired) electrons. The van der Waals surface area contributed by atoms with E-state index in [9.17, 15) is 29.4 Å². The van der Waals surface area contributed by atoms with Gasteiger partial charge in [-0.3, -0.25) is 0 Å². The van der Waals surface area contributed by atoms with E-state index in [1.807, 2.05) is 6.08 Å². The first-order chi connectivity index (χ1) is 15.7. The summed E-state index contributed by atoms with van der Waals surface area (Å²) >= 11 is 0. The Morgan fingerprint density at radius 3 is 1.45 bits per heavy atom. The van der Waals surface area contributed by atoms with E-state index in [-0.39, 0.29) is 11.1 Å². The van der Waals surface area contributed by atoms with Crippen LogP contribution in [-0.4, -0.2) is 52.3 Å². The predicted octanol–water partition coefficient (Wildman–Crippen LogP) is 2.91. The predicted molar refractivity (Wildman–Crippen MR) is 120 cm³/mol. The van der Waals surface area contributed by atoms with Crippen LogP contribution in [0.25, 0.3) is 0 Å². The van der Waals surface area contributed by atoms with E-state index >= 15 is 0 Å². The van der Waals surface area contributed by atoms with Crippen molar-refractivity contribution in [1.29, 1.82) is 0 Å². The molecule has 0 aliphatic carbocycles. The summed E-state index contributed by atoms with van der Waals surface area (Å²) < 4.78 is 9.52. The highest BCUT2D eigenvalue weighted by Gasteiger charge is 2.40. The van der Waals surface area contributed by atoms with Crippen molar-refractivity contribution in [2.75, 3.05) is 0 Å². The van der Waals surface area contributed by atoms with Crippen LogP contribution in [0.1, 0.15) is 40.5 Å². The van der Waals surface area contributed by atoms with Crippen LogP contribution < -0.4 is 5.73 Å². The quantitative estimate of drug-likeness (QED) is 0.361. The zero-order valence-electron chi connectivity index (χ0n) is 18.1. The van der Waals surface area contributed by atoms with Crippen molar-refractivity contribution < 1.29 is 38.9 Å². The molecule has 176 valence electrons. The minimum Gasteiger partial charge on any atom is -0.478 e.